The highest BCUT2D eigenvalue weighted by molar-refractivity contribution is 6.04. The first-order chi connectivity index (χ1) is 65.4. The zero-order chi connectivity index (χ0) is 87.9. The standard InChI is InChI=1S/C41H27N3.2C40H26N4/c1-2-10-28(11-3-1)32-24-33(29-20-22-42-23-21-29)26-34(25-32)41-43-39(37-18-8-14-30-12-4-6-16-35(30)37)27-40(44-41)38-19-9-15-31-13-5-7-17-36(31)38;1-3-13-34-28(8-1)10-5-15-36(34)38-25-39(37-16-6-11-29-9-2-4-14-35(29)37)44-40(43-38)33-23-31(27-17-20-41-21-18-27)22-32(24-33)30-12-7-19-42-26-30;1-3-13-33-28(9-1)11-7-15-35(33)38-26-39(36-16-8-12-29-10-2-4-14-34(29)36)44-40(43-38)32-24-30(27-18-21-41-22-19-27)23-31(25-32)37-17-5-6-20-42-37/h1-27H;2*1-26H. The van der Waals surface area contributed by atoms with Gasteiger partial charge in [-0.2, -0.15) is 0 Å². The highest BCUT2D eigenvalue weighted by Crippen LogP contribution is 2.43. The van der Waals surface area contributed by atoms with E-state index in [1.165, 1.54) is 43.1 Å². The molecule has 0 amide bonds. The van der Waals surface area contributed by atoms with Crippen molar-refractivity contribution in [3.8, 4) is 169 Å². The fraction of sp³-hybridized carbons (Fsp3) is 0. The number of hydrogen-bond donors (Lipinski definition) is 0. The van der Waals surface area contributed by atoms with E-state index in [1.807, 2.05) is 116 Å². The van der Waals surface area contributed by atoms with Gasteiger partial charge in [0.25, 0.3) is 0 Å². The van der Waals surface area contributed by atoms with Crippen LogP contribution < -0.4 is 0 Å². The van der Waals surface area contributed by atoms with Gasteiger partial charge in [-0.1, -0.05) is 297 Å². The van der Waals surface area contributed by atoms with Crippen LogP contribution in [0.25, 0.3) is 233 Å². The van der Waals surface area contributed by atoms with E-state index in [0.717, 1.165) is 173 Å². The Kier molecular flexibility index (Phi) is 21.9. The number of aromatic nitrogens is 11. The van der Waals surface area contributed by atoms with Crippen molar-refractivity contribution in [2.24, 2.45) is 0 Å². The first-order valence-electron chi connectivity index (χ1n) is 44.0. The second-order valence-electron chi connectivity index (χ2n) is 32.5. The normalized spacial score (nSPS) is 11.2. The van der Waals surface area contributed by atoms with Crippen LogP contribution in [0.4, 0.5) is 0 Å². The largest absolute Gasteiger partial charge is 0.265 e. The Morgan fingerprint density at radius 2 is 0.371 bits per heavy atom. The molecule has 0 fully saturated rings. The third kappa shape index (κ3) is 16.7. The third-order valence-electron chi connectivity index (χ3n) is 24.2. The number of hydrogen-bond acceptors (Lipinski definition) is 11. The van der Waals surface area contributed by atoms with Crippen molar-refractivity contribution in [1.82, 2.24) is 54.8 Å². The summed E-state index contributed by atoms with van der Waals surface area (Å²) in [4.78, 5) is 53.4. The summed E-state index contributed by atoms with van der Waals surface area (Å²) in [6.45, 7) is 0. The Balaban J connectivity index is 0.000000116. The molecule has 0 spiro atoms. The summed E-state index contributed by atoms with van der Waals surface area (Å²) >= 11 is 0. The molecule has 11 heteroatoms. The van der Waals surface area contributed by atoms with Crippen molar-refractivity contribution in [3.05, 3.63) is 480 Å². The smallest absolute Gasteiger partial charge is 0.160 e. The van der Waals surface area contributed by atoms with Crippen molar-refractivity contribution in [1.29, 1.82) is 0 Å². The van der Waals surface area contributed by atoms with Gasteiger partial charge in [-0.05, 0) is 242 Å². The minimum Gasteiger partial charge on any atom is -0.265 e. The maximum Gasteiger partial charge on any atom is 0.160 e. The molecule has 0 aliphatic carbocycles. The summed E-state index contributed by atoms with van der Waals surface area (Å²) in [5.41, 5.74) is 27.3. The van der Waals surface area contributed by atoms with E-state index in [1.54, 1.807) is 6.20 Å². The van der Waals surface area contributed by atoms with Crippen molar-refractivity contribution >= 4 is 64.6 Å². The van der Waals surface area contributed by atoms with Crippen molar-refractivity contribution in [2.75, 3.05) is 0 Å². The molecule has 0 saturated carbocycles. The van der Waals surface area contributed by atoms with Crippen LogP contribution in [0.5, 0.6) is 0 Å². The van der Waals surface area contributed by atoms with Crippen molar-refractivity contribution < 1.29 is 0 Å². The second-order valence-corrected chi connectivity index (χ2v) is 32.5. The lowest BCUT2D eigenvalue weighted by Gasteiger charge is -2.14. The van der Waals surface area contributed by atoms with Crippen LogP contribution in [-0.4, -0.2) is 54.8 Å². The van der Waals surface area contributed by atoms with Crippen LogP contribution in [0.15, 0.2) is 480 Å². The number of rotatable bonds is 15. The van der Waals surface area contributed by atoms with Gasteiger partial charge in [-0.15, -0.1) is 0 Å². The predicted octanol–water partition coefficient (Wildman–Crippen LogP) is 30.3. The summed E-state index contributed by atoms with van der Waals surface area (Å²) in [6.07, 6.45) is 16.5. The van der Waals surface area contributed by atoms with Crippen molar-refractivity contribution in [3.63, 3.8) is 0 Å². The molecule has 0 radical (unpaired) electrons. The third-order valence-corrected chi connectivity index (χ3v) is 24.2. The molecule has 132 heavy (non-hydrogen) atoms. The van der Waals surface area contributed by atoms with Crippen LogP contribution in [0.3, 0.4) is 0 Å². The van der Waals surface area contributed by atoms with Crippen LogP contribution >= 0.6 is 0 Å². The Morgan fingerprint density at radius 3 is 0.659 bits per heavy atom. The number of fused-ring (bicyclic) bond motifs is 6. The molecule has 0 N–H and O–H groups in total. The molecule has 24 rings (SSSR count). The van der Waals surface area contributed by atoms with Gasteiger partial charge < -0.3 is 0 Å². The average Bonchev–Trinajstić information content (AvgIpc) is 0.770. The average molecular weight is 1690 g/mol. The van der Waals surface area contributed by atoms with E-state index in [0.29, 0.717) is 17.5 Å². The van der Waals surface area contributed by atoms with E-state index in [9.17, 15) is 0 Å². The topological polar surface area (TPSA) is 142 Å². The number of nitrogens with zero attached hydrogens (tertiary/aromatic N) is 11. The molecule has 8 heterocycles. The molecule has 618 valence electrons. The number of pyridine rings is 5. The van der Waals surface area contributed by atoms with Crippen LogP contribution in [-0.2, 0) is 0 Å². The molecule has 16 aromatic carbocycles. The molecule has 0 unspecified atom stereocenters. The molecule has 24 aromatic rings. The van der Waals surface area contributed by atoms with Crippen molar-refractivity contribution in [2.45, 2.75) is 0 Å². The van der Waals surface area contributed by atoms with Gasteiger partial charge in [-0.3, -0.25) is 24.9 Å². The molecular formula is C121H79N11. The minimum atomic E-state index is 0.659. The second kappa shape index (κ2) is 36.2. The van der Waals surface area contributed by atoms with Gasteiger partial charge in [0.05, 0.1) is 39.9 Å². The van der Waals surface area contributed by atoms with Crippen LogP contribution in [0.2, 0.25) is 0 Å². The van der Waals surface area contributed by atoms with Gasteiger partial charge >= 0.3 is 0 Å². The summed E-state index contributed by atoms with van der Waals surface area (Å²) in [5.74, 6) is 2.01. The summed E-state index contributed by atoms with van der Waals surface area (Å²) < 4.78 is 0. The Bertz CT molecular complexity index is 7120. The van der Waals surface area contributed by atoms with E-state index in [-0.39, 0.29) is 0 Å². The maximum atomic E-state index is 5.28. The lowest BCUT2D eigenvalue weighted by atomic mass is 9.95. The fourth-order valence-corrected chi connectivity index (χ4v) is 17.8. The minimum absolute atomic E-state index is 0.659. The molecule has 0 atom stereocenters. The van der Waals surface area contributed by atoms with Crippen LogP contribution in [0.1, 0.15) is 0 Å². The fourth-order valence-electron chi connectivity index (χ4n) is 17.8. The molecule has 0 saturated heterocycles. The molecule has 0 bridgehead atoms. The summed E-state index contributed by atoms with van der Waals surface area (Å²) in [7, 11) is 0. The molecule has 0 aliphatic rings. The highest BCUT2D eigenvalue weighted by Gasteiger charge is 2.22. The summed E-state index contributed by atoms with van der Waals surface area (Å²) in [5, 5.41) is 14.0. The Hall–Kier alpha value is -17.9. The lowest BCUT2D eigenvalue weighted by Crippen LogP contribution is -1.98. The maximum absolute atomic E-state index is 5.28. The predicted molar refractivity (Wildman–Crippen MR) is 542 cm³/mol. The quantitative estimate of drug-likeness (QED) is 0.0968. The van der Waals surface area contributed by atoms with Gasteiger partial charge in [0.15, 0.2) is 17.5 Å². The van der Waals surface area contributed by atoms with Gasteiger partial charge in [-0.25, -0.2) is 29.9 Å². The molecular weight excluding hydrogens is 1610 g/mol. The first kappa shape index (κ1) is 79.9. The zero-order valence-electron chi connectivity index (χ0n) is 71.5. The Labute approximate surface area is 763 Å². The van der Waals surface area contributed by atoms with Gasteiger partial charge in [0, 0.05) is 117 Å². The summed E-state index contributed by atoms with van der Waals surface area (Å²) in [6, 6.07) is 148. The van der Waals surface area contributed by atoms with E-state index < -0.39 is 0 Å². The lowest BCUT2D eigenvalue weighted by molar-refractivity contribution is 1.19. The van der Waals surface area contributed by atoms with Gasteiger partial charge in [0.1, 0.15) is 0 Å². The number of benzene rings is 16. The van der Waals surface area contributed by atoms with E-state index in [4.69, 9.17) is 29.9 Å². The van der Waals surface area contributed by atoms with Gasteiger partial charge in [0.2, 0.25) is 0 Å². The Morgan fingerprint density at radius 1 is 0.129 bits per heavy atom. The van der Waals surface area contributed by atoms with E-state index >= 15 is 0 Å². The van der Waals surface area contributed by atoms with E-state index in [2.05, 4.69) is 383 Å². The zero-order valence-corrected chi connectivity index (χ0v) is 71.5. The van der Waals surface area contributed by atoms with Crippen LogP contribution in [0, 0.1) is 0 Å². The molecule has 0 aliphatic heterocycles. The first-order valence-corrected chi connectivity index (χ1v) is 44.0. The monoisotopic (exact) mass is 1690 g/mol. The highest BCUT2D eigenvalue weighted by atomic mass is 14.9. The molecule has 8 aromatic heterocycles. The molecule has 11 nitrogen and oxygen atoms in total. The SMILES string of the molecule is c1ccc(-c2cc(-c3ccncc3)cc(-c3nc(-c4cccc5ccccc45)cc(-c4cccc5ccccc45)n3)c2)cc1.c1ccc(-c2cc(-c3ccncc3)cc(-c3nc(-c4cccc5ccccc45)cc(-c4cccc5ccccc45)n3)c2)nc1.c1cncc(-c2cc(-c3ccncc3)cc(-c3nc(-c4cccc5ccccc45)cc(-c4cccc5ccccc45)n3)c2)c1.